The van der Waals surface area contributed by atoms with Gasteiger partial charge in [0.2, 0.25) is 0 Å². The maximum atomic E-state index is 13.1. The highest BCUT2D eigenvalue weighted by Crippen LogP contribution is 2.21. The number of hydrogen-bond acceptors (Lipinski definition) is 2. The van der Waals surface area contributed by atoms with Gasteiger partial charge in [-0.15, -0.1) is 0 Å². The zero-order valence-electron chi connectivity index (χ0n) is 17.7. The van der Waals surface area contributed by atoms with Gasteiger partial charge in [0.05, 0.1) is 5.69 Å². The number of aromatic nitrogens is 1. The fraction of sp³-hybridized carbons (Fsp3) is 0.478. The smallest absolute Gasteiger partial charge is 0.263 e. The number of hydrogen-bond donors (Lipinski definition) is 1. The second-order valence-corrected chi connectivity index (χ2v) is 8.00. The summed E-state index contributed by atoms with van der Waals surface area (Å²) >= 11 is 0. The molecule has 0 aliphatic heterocycles. The highest BCUT2D eigenvalue weighted by Gasteiger charge is 2.20. The topological polar surface area (TPSA) is 51.1 Å². The summed E-state index contributed by atoms with van der Waals surface area (Å²) in [5.41, 5.74) is 2.50. The molecule has 0 saturated heterocycles. The van der Waals surface area contributed by atoms with Crippen molar-refractivity contribution in [2.75, 3.05) is 6.54 Å². The summed E-state index contributed by atoms with van der Waals surface area (Å²) < 4.78 is 1.72. The van der Waals surface area contributed by atoms with Crippen LogP contribution in [-0.4, -0.2) is 17.0 Å². The van der Waals surface area contributed by atoms with E-state index in [1.807, 2.05) is 52.8 Å². The Hall–Kier alpha value is -2.36. The van der Waals surface area contributed by atoms with E-state index in [4.69, 9.17) is 0 Å². The van der Waals surface area contributed by atoms with Crippen molar-refractivity contribution < 1.29 is 4.79 Å². The molecule has 1 heterocycles. The van der Waals surface area contributed by atoms with Crippen molar-refractivity contribution in [1.29, 1.82) is 0 Å². The van der Waals surface area contributed by atoms with E-state index >= 15 is 0 Å². The molecule has 4 nitrogen and oxygen atoms in total. The van der Waals surface area contributed by atoms with Crippen molar-refractivity contribution in [3.63, 3.8) is 0 Å². The van der Waals surface area contributed by atoms with Crippen LogP contribution in [0.1, 0.15) is 69.1 Å². The van der Waals surface area contributed by atoms with E-state index in [9.17, 15) is 9.59 Å². The zero-order chi connectivity index (χ0) is 20.6. The summed E-state index contributed by atoms with van der Waals surface area (Å²) in [4.78, 5) is 25.8. The zero-order valence-corrected chi connectivity index (χ0v) is 17.7. The quantitative estimate of drug-likeness (QED) is 0.663. The highest BCUT2D eigenvalue weighted by atomic mass is 16.2. The number of allylic oxidation sites excluding steroid dienone is 5. The van der Waals surface area contributed by atoms with Gasteiger partial charge in [0.25, 0.3) is 11.5 Å². The molecule has 1 amide bonds. The maximum absolute atomic E-state index is 13.1. The van der Waals surface area contributed by atoms with Gasteiger partial charge in [0.15, 0.2) is 0 Å². The van der Waals surface area contributed by atoms with Gasteiger partial charge in [0.1, 0.15) is 5.56 Å². The van der Waals surface area contributed by atoms with Crippen LogP contribution in [0.25, 0.3) is 5.57 Å². The van der Waals surface area contributed by atoms with Gasteiger partial charge in [-0.1, -0.05) is 65.0 Å². The Balaban J connectivity index is 3.52. The molecule has 0 aliphatic rings. The third-order valence-electron chi connectivity index (χ3n) is 4.20. The fourth-order valence-corrected chi connectivity index (χ4v) is 2.77. The summed E-state index contributed by atoms with van der Waals surface area (Å²) in [5.74, 6) is -0.313. The van der Waals surface area contributed by atoms with E-state index in [0.717, 1.165) is 29.7 Å². The first-order valence-corrected chi connectivity index (χ1v) is 9.64. The van der Waals surface area contributed by atoms with Gasteiger partial charge in [-0.25, -0.2) is 0 Å². The molecular weight excluding hydrogens is 336 g/mol. The van der Waals surface area contributed by atoms with E-state index in [1.165, 1.54) is 0 Å². The Morgan fingerprint density at radius 1 is 1.33 bits per heavy atom. The van der Waals surface area contributed by atoms with Crippen LogP contribution in [-0.2, 0) is 6.54 Å². The number of unbranched alkanes of at least 4 members (excludes halogenated alkanes) is 1. The third kappa shape index (κ3) is 6.38. The lowest BCUT2D eigenvalue weighted by Gasteiger charge is -2.20. The minimum Gasteiger partial charge on any atom is -0.351 e. The van der Waals surface area contributed by atoms with Gasteiger partial charge in [0, 0.05) is 13.1 Å². The Kier molecular flexibility index (Phi) is 8.48. The van der Waals surface area contributed by atoms with Crippen LogP contribution in [0.4, 0.5) is 0 Å². The van der Waals surface area contributed by atoms with Crippen molar-refractivity contribution in [3.05, 3.63) is 64.1 Å². The average molecular weight is 371 g/mol. The third-order valence-corrected chi connectivity index (χ3v) is 4.20. The van der Waals surface area contributed by atoms with Crippen LogP contribution in [0.3, 0.4) is 0 Å². The summed E-state index contributed by atoms with van der Waals surface area (Å²) in [6.07, 6.45) is 9.39. The molecule has 0 unspecified atom stereocenters. The largest absolute Gasteiger partial charge is 0.351 e. The molecule has 0 fully saturated rings. The van der Waals surface area contributed by atoms with Crippen LogP contribution < -0.4 is 10.9 Å². The molecule has 0 atom stereocenters. The second kappa shape index (κ2) is 10.1. The molecule has 1 aromatic rings. The minimum absolute atomic E-state index is 0.0445. The Labute approximate surface area is 163 Å². The number of carbonyl (C=O) groups is 1. The maximum Gasteiger partial charge on any atom is 0.263 e. The molecule has 0 aromatic carbocycles. The van der Waals surface area contributed by atoms with Crippen LogP contribution >= 0.6 is 0 Å². The monoisotopic (exact) mass is 370 g/mol. The van der Waals surface area contributed by atoms with Crippen molar-refractivity contribution in [3.8, 4) is 0 Å². The molecule has 4 heteroatoms. The van der Waals surface area contributed by atoms with Crippen molar-refractivity contribution in [2.24, 2.45) is 5.41 Å². The van der Waals surface area contributed by atoms with Crippen LogP contribution in [0.2, 0.25) is 0 Å². The number of nitrogens with one attached hydrogen (secondary N) is 1. The minimum atomic E-state index is -0.313. The molecule has 27 heavy (non-hydrogen) atoms. The van der Waals surface area contributed by atoms with Gasteiger partial charge in [-0.05, 0) is 42.9 Å². The van der Waals surface area contributed by atoms with E-state index in [2.05, 4.69) is 18.8 Å². The lowest BCUT2D eigenvalue weighted by atomic mass is 9.97. The predicted octanol–water partition coefficient (Wildman–Crippen LogP) is 4.88. The van der Waals surface area contributed by atoms with Gasteiger partial charge in [-0.2, -0.15) is 0 Å². The molecule has 0 saturated carbocycles. The average Bonchev–Trinajstić information content (AvgIpc) is 2.61. The molecule has 1 N–H and O–H groups in total. The molecule has 1 rings (SSSR count). The number of nitrogens with zero attached hydrogens (tertiary/aromatic N) is 1. The molecule has 0 radical (unpaired) electrons. The number of carbonyl (C=O) groups excluding carboxylic acids is 1. The van der Waals surface area contributed by atoms with Gasteiger partial charge >= 0.3 is 0 Å². The van der Waals surface area contributed by atoms with E-state index in [1.54, 1.807) is 16.7 Å². The standard InChI is InChI=1S/C23H34N2O2/c1-8-11-13-18(10-3)20-17(4)15-19(21(26)24-16-23(5,6)7)22(27)25(20)14-12-9-2/h8,10-11,13,15H,3,9,12,14,16H2,1-2,4-7H3,(H,24,26)/b11-8-,18-13+. The van der Waals surface area contributed by atoms with Crippen LogP contribution in [0.5, 0.6) is 0 Å². The summed E-state index contributed by atoms with van der Waals surface area (Å²) in [6, 6.07) is 1.70. The number of amides is 1. The number of rotatable bonds is 8. The summed E-state index contributed by atoms with van der Waals surface area (Å²) in [7, 11) is 0. The summed E-state index contributed by atoms with van der Waals surface area (Å²) in [6.45, 7) is 17.1. The van der Waals surface area contributed by atoms with Crippen molar-refractivity contribution in [1.82, 2.24) is 9.88 Å². The number of pyridine rings is 1. The fourth-order valence-electron chi connectivity index (χ4n) is 2.77. The molecular formula is C23H34N2O2. The molecule has 0 aliphatic carbocycles. The van der Waals surface area contributed by atoms with Crippen LogP contribution in [0, 0.1) is 12.3 Å². The first-order valence-electron chi connectivity index (χ1n) is 9.64. The van der Waals surface area contributed by atoms with E-state index in [0.29, 0.717) is 13.1 Å². The first kappa shape index (κ1) is 22.7. The van der Waals surface area contributed by atoms with Gasteiger partial charge < -0.3 is 9.88 Å². The Morgan fingerprint density at radius 2 is 2.00 bits per heavy atom. The molecule has 0 spiro atoms. The predicted molar refractivity (Wildman–Crippen MR) is 115 cm³/mol. The van der Waals surface area contributed by atoms with Crippen LogP contribution in [0.15, 0.2) is 41.7 Å². The first-order chi connectivity index (χ1) is 12.7. The van der Waals surface area contributed by atoms with Crippen molar-refractivity contribution >= 4 is 11.5 Å². The van der Waals surface area contributed by atoms with E-state index in [-0.39, 0.29) is 22.4 Å². The lowest BCUT2D eigenvalue weighted by molar-refractivity contribution is 0.0937. The Morgan fingerprint density at radius 3 is 2.52 bits per heavy atom. The second-order valence-electron chi connectivity index (χ2n) is 8.00. The van der Waals surface area contributed by atoms with Crippen molar-refractivity contribution in [2.45, 2.75) is 60.9 Å². The number of aryl methyl sites for hydroxylation is 1. The summed E-state index contributed by atoms with van der Waals surface area (Å²) in [5, 5.41) is 2.89. The normalized spacial score (nSPS) is 12.4. The highest BCUT2D eigenvalue weighted by molar-refractivity contribution is 5.94. The molecule has 148 valence electrons. The SMILES string of the molecule is C=C/C(=C\C=C/C)c1c(C)cc(C(=O)NCC(C)(C)C)c(=O)n1CCCC. The molecule has 0 bridgehead atoms. The Bertz CT molecular complexity index is 790. The van der Waals surface area contributed by atoms with E-state index < -0.39 is 0 Å². The lowest BCUT2D eigenvalue weighted by Crippen LogP contribution is -2.38. The molecule has 1 aromatic heterocycles. The van der Waals surface area contributed by atoms with Gasteiger partial charge in [-0.3, -0.25) is 9.59 Å².